The van der Waals surface area contributed by atoms with E-state index < -0.39 is 0 Å². The van der Waals surface area contributed by atoms with E-state index in [1.54, 1.807) is 25.2 Å². The number of amides is 1. The number of likely N-dealkylation sites (N-methyl/N-ethyl adjacent to an activating group) is 1. The average Bonchev–Trinajstić information content (AvgIpc) is 3.18. The van der Waals surface area contributed by atoms with Gasteiger partial charge in [-0.3, -0.25) is 9.69 Å². The molecule has 1 aromatic heterocycles. The molecule has 9 heteroatoms. The van der Waals surface area contributed by atoms with Crippen molar-refractivity contribution in [3.63, 3.8) is 0 Å². The van der Waals surface area contributed by atoms with E-state index in [-0.39, 0.29) is 5.91 Å². The second kappa shape index (κ2) is 7.88. The number of hydrogen-bond donors (Lipinski definition) is 0. The van der Waals surface area contributed by atoms with Crippen molar-refractivity contribution in [1.82, 2.24) is 15.1 Å². The van der Waals surface area contributed by atoms with Crippen molar-refractivity contribution in [1.29, 1.82) is 0 Å². The van der Waals surface area contributed by atoms with E-state index >= 15 is 0 Å². The lowest BCUT2D eigenvalue weighted by Gasteiger charge is -2.11. The number of methoxy groups -OCH3 is 2. The van der Waals surface area contributed by atoms with E-state index in [4.69, 9.17) is 9.47 Å². The molecule has 1 aliphatic rings. The molecule has 1 aliphatic heterocycles. The van der Waals surface area contributed by atoms with Gasteiger partial charge in [0.2, 0.25) is 5.13 Å². The Morgan fingerprint density at radius 3 is 2.69 bits per heavy atom. The lowest BCUT2D eigenvalue weighted by Crippen LogP contribution is -2.28. The van der Waals surface area contributed by atoms with E-state index in [9.17, 15) is 4.79 Å². The molecule has 1 saturated heterocycles. The summed E-state index contributed by atoms with van der Waals surface area (Å²) in [6.07, 6.45) is 1.80. The third-order valence-electron chi connectivity index (χ3n) is 3.63. The molecule has 7 nitrogen and oxygen atoms in total. The lowest BCUT2D eigenvalue weighted by atomic mass is 10.1. The van der Waals surface area contributed by atoms with E-state index in [2.05, 4.69) is 15.2 Å². The fraction of sp³-hybridized carbons (Fsp3) is 0.294. The SMILES string of the molecule is CCN1C(=O)/C(=C/c2cc(OC)ccc2OC)S/C1=N/c1nnc(C)s1. The second-order valence-corrected chi connectivity index (χ2v) is 7.44. The molecule has 136 valence electrons. The minimum Gasteiger partial charge on any atom is -0.497 e. The molecule has 0 spiro atoms. The number of nitrogens with zero attached hydrogens (tertiary/aromatic N) is 4. The van der Waals surface area contributed by atoms with Crippen LogP contribution in [0, 0.1) is 6.92 Å². The maximum Gasteiger partial charge on any atom is 0.266 e. The third kappa shape index (κ3) is 3.73. The van der Waals surface area contributed by atoms with Crippen LogP contribution in [0.5, 0.6) is 11.5 Å². The fourth-order valence-electron chi connectivity index (χ4n) is 2.38. The maximum absolute atomic E-state index is 12.8. The normalized spacial score (nSPS) is 17.4. The standard InChI is InChI=1S/C17H18N4O3S2/c1-5-21-15(22)14(26-17(21)18-16-20-19-10(2)25-16)9-11-8-12(23-3)6-7-13(11)24-4/h6-9H,5H2,1-4H3/b14-9-,18-17+. The smallest absolute Gasteiger partial charge is 0.266 e. The van der Waals surface area contributed by atoms with Gasteiger partial charge < -0.3 is 9.47 Å². The van der Waals surface area contributed by atoms with Crippen LogP contribution >= 0.6 is 23.1 Å². The van der Waals surface area contributed by atoms with E-state index in [0.717, 1.165) is 10.6 Å². The summed E-state index contributed by atoms with van der Waals surface area (Å²) >= 11 is 2.70. The van der Waals surface area contributed by atoms with Crippen LogP contribution in [0.3, 0.4) is 0 Å². The Morgan fingerprint density at radius 1 is 1.27 bits per heavy atom. The average molecular weight is 390 g/mol. The van der Waals surface area contributed by atoms with Gasteiger partial charge in [-0.2, -0.15) is 4.99 Å². The Labute approximate surface area is 159 Å². The van der Waals surface area contributed by atoms with Gasteiger partial charge in [0.05, 0.1) is 19.1 Å². The van der Waals surface area contributed by atoms with Crippen molar-refractivity contribution in [2.24, 2.45) is 4.99 Å². The summed E-state index contributed by atoms with van der Waals surface area (Å²) in [4.78, 5) is 19.4. The number of thioether (sulfide) groups is 1. The first-order valence-corrected chi connectivity index (χ1v) is 9.51. The number of aliphatic imine (C=N–C) groups is 1. The number of aryl methyl sites for hydroxylation is 1. The van der Waals surface area contributed by atoms with Crippen molar-refractivity contribution in [2.75, 3.05) is 20.8 Å². The number of benzene rings is 1. The summed E-state index contributed by atoms with van der Waals surface area (Å²) in [5, 5.41) is 9.94. The second-order valence-electron chi connectivity index (χ2n) is 5.27. The van der Waals surface area contributed by atoms with Gasteiger partial charge >= 0.3 is 0 Å². The molecule has 26 heavy (non-hydrogen) atoms. The van der Waals surface area contributed by atoms with Gasteiger partial charge in [0.15, 0.2) is 5.17 Å². The van der Waals surface area contributed by atoms with Crippen LogP contribution in [-0.2, 0) is 4.79 Å². The van der Waals surface area contributed by atoms with E-state index in [1.807, 2.05) is 32.0 Å². The van der Waals surface area contributed by atoms with Gasteiger partial charge in [0.1, 0.15) is 16.5 Å². The van der Waals surface area contributed by atoms with Crippen molar-refractivity contribution in [3.05, 3.63) is 33.7 Å². The molecule has 3 rings (SSSR count). The van der Waals surface area contributed by atoms with Gasteiger partial charge in [-0.1, -0.05) is 11.3 Å². The van der Waals surface area contributed by atoms with Crippen molar-refractivity contribution in [3.8, 4) is 11.5 Å². The first kappa shape index (κ1) is 18.4. The zero-order valence-corrected chi connectivity index (χ0v) is 16.5. The Hall–Kier alpha value is -2.39. The van der Waals surface area contributed by atoms with Gasteiger partial charge in [0.25, 0.3) is 5.91 Å². The monoisotopic (exact) mass is 390 g/mol. The largest absolute Gasteiger partial charge is 0.497 e. The fourth-order valence-corrected chi connectivity index (χ4v) is 4.03. The van der Waals surface area contributed by atoms with Crippen LogP contribution in [0.2, 0.25) is 0 Å². The molecule has 1 aromatic carbocycles. The molecular formula is C17H18N4O3S2. The number of aromatic nitrogens is 2. The summed E-state index contributed by atoms with van der Waals surface area (Å²) in [6, 6.07) is 5.46. The van der Waals surface area contributed by atoms with Gasteiger partial charge in [-0.05, 0) is 49.9 Å². The summed E-state index contributed by atoms with van der Waals surface area (Å²) in [7, 11) is 3.19. The van der Waals surface area contributed by atoms with Crippen LogP contribution in [-0.4, -0.2) is 46.9 Å². The highest BCUT2D eigenvalue weighted by Gasteiger charge is 2.32. The Balaban J connectivity index is 1.97. The molecule has 0 aliphatic carbocycles. The highest BCUT2D eigenvalue weighted by Crippen LogP contribution is 2.36. The zero-order chi connectivity index (χ0) is 18.7. The summed E-state index contributed by atoms with van der Waals surface area (Å²) < 4.78 is 10.7. The molecular weight excluding hydrogens is 372 g/mol. The highest BCUT2D eigenvalue weighted by atomic mass is 32.2. The number of ether oxygens (including phenoxy) is 2. The van der Waals surface area contributed by atoms with E-state index in [0.29, 0.717) is 33.2 Å². The van der Waals surface area contributed by atoms with Gasteiger partial charge in [-0.25, -0.2) is 0 Å². The summed E-state index contributed by atoms with van der Waals surface area (Å²) in [5.74, 6) is 1.26. The highest BCUT2D eigenvalue weighted by molar-refractivity contribution is 8.18. The minimum absolute atomic E-state index is 0.0950. The van der Waals surface area contributed by atoms with Crippen LogP contribution in [0.1, 0.15) is 17.5 Å². The topological polar surface area (TPSA) is 76.9 Å². The molecule has 0 N–H and O–H groups in total. The van der Waals surface area contributed by atoms with Crippen molar-refractivity contribution >= 4 is 45.4 Å². The molecule has 1 fully saturated rings. The molecule has 0 bridgehead atoms. The Morgan fingerprint density at radius 2 is 2.08 bits per heavy atom. The summed E-state index contributed by atoms with van der Waals surface area (Å²) in [5.41, 5.74) is 0.770. The number of rotatable bonds is 5. The molecule has 1 amide bonds. The third-order valence-corrected chi connectivity index (χ3v) is 5.37. The molecule has 0 unspecified atom stereocenters. The lowest BCUT2D eigenvalue weighted by molar-refractivity contribution is -0.122. The maximum atomic E-state index is 12.8. The van der Waals surface area contributed by atoms with Crippen LogP contribution < -0.4 is 9.47 Å². The predicted molar refractivity (Wildman–Crippen MR) is 104 cm³/mol. The van der Waals surface area contributed by atoms with Crippen LogP contribution in [0.4, 0.5) is 5.13 Å². The summed E-state index contributed by atoms with van der Waals surface area (Å²) in [6.45, 7) is 4.30. The minimum atomic E-state index is -0.0950. The molecule has 0 atom stereocenters. The Bertz CT molecular complexity index is 892. The quantitative estimate of drug-likeness (QED) is 0.728. The first-order chi connectivity index (χ1) is 12.5. The zero-order valence-electron chi connectivity index (χ0n) is 14.8. The molecule has 0 saturated carbocycles. The van der Waals surface area contributed by atoms with Crippen molar-refractivity contribution < 1.29 is 14.3 Å². The van der Waals surface area contributed by atoms with Crippen molar-refractivity contribution in [2.45, 2.75) is 13.8 Å². The van der Waals surface area contributed by atoms with Gasteiger partial charge in [0, 0.05) is 12.1 Å². The number of hydrogen-bond acceptors (Lipinski definition) is 8. The van der Waals surface area contributed by atoms with Crippen LogP contribution in [0.25, 0.3) is 6.08 Å². The number of carbonyl (C=O) groups excluding carboxylic acids is 1. The van der Waals surface area contributed by atoms with Gasteiger partial charge in [-0.15, -0.1) is 10.2 Å². The number of carbonyl (C=O) groups is 1. The molecule has 0 radical (unpaired) electrons. The van der Waals surface area contributed by atoms with Crippen LogP contribution in [0.15, 0.2) is 28.1 Å². The first-order valence-electron chi connectivity index (χ1n) is 7.88. The predicted octanol–water partition coefficient (Wildman–Crippen LogP) is 3.49. The molecule has 2 heterocycles. The number of amidine groups is 1. The van der Waals surface area contributed by atoms with E-state index in [1.165, 1.54) is 23.1 Å². The molecule has 2 aromatic rings. The Kier molecular flexibility index (Phi) is 5.58.